The molecule has 1 aromatic carbocycles. The minimum absolute atomic E-state index is 0.0908. The predicted molar refractivity (Wildman–Crippen MR) is 82.3 cm³/mol. The fraction of sp³-hybridized carbons (Fsp3) is 0.625. The number of fused-ring (bicyclic) bond motifs is 1. The van der Waals surface area contributed by atoms with E-state index in [0.717, 1.165) is 0 Å². The van der Waals surface area contributed by atoms with Gasteiger partial charge in [0.15, 0.2) is 12.1 Å². The number of aliphatic hydroxyl groups excluding tert-OH is 2. The van der Waals surface area contributed by atoms with Gasteiger partial charge in [0.05, 0.1) is 25.0 Å². The molecular weight excluding hydrogens is 318 g/mol. The summed E-state index contributed by atoms with van der Waals surface area (Å²) in [6, 6.07) is 5.99. The minimum atomic E-state index is -1.68. The lowest BCUT2D eigenvalue weighted by Crippen LogP contribution is -2.64. The van der Waals surface area contributed by atoms with Crippen molar-refractivity contribution in [3.8, 4) is 11.5 Å². The molecule has 1 aliphatic heterocycles. The maximum absolute atomic E-state index is 10.6. The molecule has 8 heteroatoms. The number of aliphatic hydroxyl groups is 3. The third-order valence-electron chi connectivity index (χ3n) is 4.65. The van der Waals surface area contributed by atoms with Gasteiger partial charge in [0.1, 0.15) is 23.7 Å². The summed E-state index contributed by atoms with van der Waals surface area (Å²) in [6.45, 7) is 0.571. The number of phenols is 1. The van der Waals surface area contributed by atoms with Crippen molar-refractivity contribution in [2.24, 2.45) is 11.8 Å². The topological polar surface area (TPSA) is 121 Å². The Morgan fingerprint density at radius 3 is 2.62 bits per heavy atom. The van der Waals surface area contributed by atoms with Crippen molar-refractivity contribution in [3.05, 3.63) is 24.3 Å². The van der Waals surface area contributed by atoms with Crippen LogP contribution in [0.3, 0.4) is 0 Å². The van der Waals surface area contributed by atoms with Crippen molar-refractivity contribution in [3.63, 3.8) is 0 Å². The van der Waals surface area contributed by atoms with Crippen LogP contribution in [0.15, 0.2) is 24.3 Å². The van der Waals surface area contributed by atoms with Crippen LogP contribution in [-0.4, -0.2) is 71.5 Å². The second-order valence-corrected chi connectivity index (χ2v) is 6.09. The molecule has 0 spiro atoms. The van der Waals surface area contributed by atoms with Crippen molar-refractivity contribution in [2.75, 3.05) is 26.8 Å². The number of aromatic hydroxyl groups is 1. The van der Waals surface area contributed by atoms with Crippen LogP contribution >= 0.6 is 0 Å². The highest BCUT2D eigenvalue weighted by Gasteiger charge is 2.72. The van der Waals surface area contributed by atoms with Gasteiger partial charge < -0.3 is 40.0 Å². The summed E-state index contributed by atoms with van der Waals surface area (Å²) in [7, 11) is 1.79. The summed E-state index contributed by atoms with van der Waals surface area (Å²) in [5.74, 6) is -2.69. The van der Waals surface area contributed by atoms with Crippen molar-refractivity contribution in [2.45, 2.75) is 24.3 Å². The first-order valence-electron chi connectivity index (χ1n) is 7.92. The summed E-state index contributed by atoms with van der Waals surface area (Å²) in [5.41, 5.74) is 0. The van der Waals surface area contributed by atoms with Crippen LogP contribution in [-0.2, 0) is 9.47 Å². The summed E-state index contributed by atoms with van der Waals surface area (Å²) in [5, 5.41) is 43.1. The molecule has 5 N–H and O–H groups in total. The van der Waals surface area contributed by atoms with Crippen LogP contribution in [0.25, 0.3) is 0 Å². The van der Waals surface area contributed by atoms with Gasteiger partial charge in [-0.3, -0.25) is 0 Å². The van der Waals surface area contributed by atoms with E-state index >= 15 is 0 Å². The van der Waals surface area contributed by atoms with Gasteiger partial charge in [0, 0.05) is 6.54 Å². The highest BCUT2D eigenvalue weighted by Crippen LogP contribution is 2.53. The zero-order chi connectivity index (χ0) is 17.3. The van der Waals surface area contributed by atoms with E-state index < -0.39 is 42.7 Å². The molecule has 1 heterocycles. The van der Waals surface area contributed by atoms with Crippen LogP contribution in [0.1, 0.15) is 0 Å². The number of phenolic OH excluding ortho intramolecular Hbond substituents is 1. The summed E-state index contributed by atoms with van der Waals surface area (Å²) < 4.78 is 16.7. The second-order valence-electron chi connectivity index (χ2n) is 6.09. The van der Waals surface area contributed by atoms with Crippen molar-refractivity contribution in [1.82, 2.24) is 5.32 Å². The Labute approximate surface area is 139 Å². The first kappa shape index (κ1) is 17.4. The molecule has 24 heavy (non-hydrogen) atoms. The van der Waals surface area contributed by atoms with Crippen LogP contribution in [0.5, 0.6) is 11.5 Å². The van der Waals surface area contributed by atoms with E-state index in [1.807, 2.05) is 0 Å². The van der Waals surface area contributed by atoms with Crippen LogP contribution in [0.4, 0.5) is 0 Å². The fourth-order valence-electron chi connectivity index (χ4n) is 3.36. The minimum Gasteiger partial charge on any atom is -0.508 e. The number of hydrogen-bond acceptors (Lipinski definition) is 8. The normalized spacial score (nSPS) is 37.8. The fourth-order valence-corrected chi connectivity index (χ4v) is 3.36. The predicted octanol–water partition coefficient (Wildman–Crippen LogP) is -0.980. The Hall–Kier alpha value is -1.42. The molecule has 1 saturated heterocycles. The Morgan fingerprint density at radius 1 is 1.29 bits per heavy atom. The van der Waals surface area contributed by atoms with Gasteiger partial charge >= 0.3 is 0 Å². The lowest BCUT2D eigenvalue weighted by molar-refractivity contribution is -0.438. The zero-order valence-electron chi connectivity index (χ0n) is 13.3. The maximum Gasteiger partial charge on any atom is 0.187 e. The second kappa shape index (κ2) is 6.83. The number of rotatable bonds is 7. The number of benzene rings is 1. The molecule has 2 fully saturated rings. The molecule has 2 aliphatic rings. The molecule has 0 amide bonds. The molecule has 6 unspecified atom stereocenters. The van der Waals surface area contributed by atoms with Crippen LogP contribution in [0, 0.1) is 11.8 Å². The number of hydrogen-bond donors (Lipinski definition) is 5. The lowest BCUT2D eigenvalue weighted by Gasteiger charge is -2.49. The highest BCUT2D eigenvalue weighted by atomic mass is 16.8. The van der Waals surface area contributed by atoms with Crippen molar-refractivity contribution >= 4 is 0 Å². The van der Waals surface area contributed by atoms with E-state index in [1.165, 1.54) is 12.1 Å². The molecule has 3 rings (SSSR count). The van der Waals surface area contributed by atoms with Gasteiger partial charge in [-0.25, -0.2) is 0 Å². The first-order valence-corrected chi connectivity index (χ1v) is 7.92. The van der Waals surface area contributed by atoms with Crippen molar-refractivity contribution in [1.29, 1.82) is 0 Å². The average Bonchev–Trinajstić information content (AvgIpc) is 2.70. The Bertz CT molecular complexity index is 554. The van der Waals surface area contributed by atoms with Crippen LogP contribution < -0.4 is 10.1 Å². The quantitative estimate of drug-likeness (QED) is 0.401. The Kier molecular flexibility index (Phi) is 4.95. The van der Waals surface area contributed by atoms with E-state index in [9.17, 15) is 20.4 Å². The van der Waals surface area contributed by atoms with E-state index in [4.69, 9.17) is 14.2 Å². The monoisotopic (exact) mass is 341 g/mol. The van der Waals surface area contributed by atoms with E-state index in [2.05, 4.69) is 5.32 Å². The zero-order valence-corrected chi connectivity index (χ0v) is 13.3. The van der Waals surface area contributed by atoms with E-state index in [1.54, 1.807) is 19.2 Å². The number of ether oxygens (including phenoxy) is 3. The average molecular weight is 341 g/mol. The summed E-state index contributed by atoms with van der Waals surface area (Å²) >= 11 is 0. The molecule has 134 valence electrons. The molecule has 8 nitrogen and oxygen atoms in total. The molecule has 0 aromatic heterocycles. The smallest absolute Gasteiger partial charge is 0.187 e. The van der Waals surface area contributed by atoms with Gasteiger partial charge in [-0.05, 0) is 31.3 Å². The molecule has 1 aliphatic carbocycles. The highest BCUT2D eigenvalue weighted by molar-refractivity contribution is 5.30. The summed E-state index contributed by atoms with van der Waals surface area (Å²) in [6.07, 6.45) is -2.66. The molecule has 6 atom stereocenters. The lowest BCUT2D eigenvalue weighted by atomic mass is 9.89. The standard InChI is InChI=1S/C16H23NO7/c1-17-6-7-22-15-12-13(20)14(11(8-18)16(12,21)24-15)23-10-4-2-9(19)3-5-10/h2-5,11-15,17-21H,6-8H2,1H3. The van der Waals surface area contributed by atoms with Gasteiger partial charge in [0.2, 0.25) is 0 Å². The molecular formula is C16H23NO7. The Morgan fingerprint density at radius 2 is 2.00 bits per heavy atom. The molecule has 0 radical (unpaired) electrons. The maximum atomic E-state index is 10.6. The largest absolute Gasteiger partial charge is 0.508 e. The molecule has 1 aromatic rings. The third kappa shape index (κ3) is 2.85. The van der Waals surface area contributed by atoms with Gasteiger partial charge in [0.25, 0.3) is 0 Å². The SMILES string of the molecule is CNCCOC1OC2(O)C(CO)C(Oc3ccc(O)cc3)C(O)C12. The van der Waals surface area contributed by atoms with E-state index in [-0.39, 0.29) is 5.75 Å². The number of likely N-dealkylation sites (N-methyl/N-ethyl adjacent to an activating group) is 1. The van der Waals surface area contributed by atoms with Gasteiger partial charge in [-0.15, -0.1) is 0 Å². The van der Waals surface area contributed by atoms with Crippen LogP contribution in [0.2, 0.25) is 0 Å². The van der Waals surface area contributed by atoms with Gasteiger partial charge in [-0.2, -0.15) is 0 Å². The van der Waals surface area contributed by atoms with Gasteiger partial charge in [-0.1, -0.05) is 0 Å². The van der Waals surface area contributed by atoms with E-state index in [0.29, 0.717) is 18.9 Å². The number of nitrogens with one attached hydrogen (secondary N) is 1. The van der Waals surface area contributed by atoms with Crippen molar-refractivity contribution < 1.29 is 34.6 Å². The Balaban J connectivity index is 1.72. The third-order valence-corrected chi connectivity index (χ3v) is 4.65. The first-order chi connectivity index (χ1) is 11.5. The molecule has 1 saturated carbocycles. The molecule has 0 bridgehead atoms. The summed E-state index contributed by atoms with van der Waals surface area (Å²) in [4.78, 5) is 0.